The van der Waals surface area contributed by atoms with Crippen LogP contribution >= 0.6 is 8.60 Å². The lowest BCUT2D eigenvalue weighted by atomic mass is 10.0. The number of halogens is 1. The molecule has 12 heteroatoms. The van der Waals surface area contributed by atoms with Crippen molar-refractivity contribution in [2.24, 2.45) is 10.7 Å². The molecule has 1 saturated heterocycles. The number of aliphatic imine (C=N–C) groups is 1. The highest BCUT2D eigenvalue weighted by Gasteiger charge is 2.38. The summed E-state index contributed by atoms with van der Waals surface area (Å²) >= 11 is 0. The number of hydrogen-bond acceptors (Lipinski definition) is 7. The maximum atomic E-state index is 14.0. The van der Waals surface area contributed by atoms with Gasteiger partial charge in [0.25, 0.3) is 0 Å². The predicted octanol–water partition coefficient (Wildman–Crippen LogP) is 11.0. The number of H-pyrrole nitrogens is 1. The van der Waals surface area contributed by atoms with Gasteiger partial charge in [-0.3, -0.25) is 5.41 Å². The number of nitriles is 1. The monoisotopic (exact) mass is 769 g/mol. The molecule has 2 heterocycles. The van der Waals surface area contributed by atoms with Crippen molar-refractivity contribution < 1.29 is 27.8 Å². The summed E-state index contributed by atoms with van der Waals surface area (Å²) in [4.78, 5) is 17.7. The summed E-state index contributed by atoms with van der Waals surface area (Å²) in [5.74, 6) is -0.248. The van der Waals surface area contributed by atoms with Crippen LogP contribution in [0, 0.1) is 22.6 Å². The second-order valence-corrected chi connectivity index (χ2v) is 15.7. The summed E-state index contributed by atoms with van der Waals surface area (Å²) in [6.07, 6.45) is 27.3. The van der Waals surface area contributed by atoms with Crippen LogP contribution < -0.4 is 5.73 Å². The molecule has 10 nitrogen and oxygen atoms in total. The third kappa shape index (κ3) is 18.6. The van der Waals surface area contributed by atoms with Gasteiger partial charge in [0.15, 0.2) is 0 Å². The SMILES string of the molecule is CCCCCCCC/C=C/CCCCCCCCCCC(COP(O)OC[C@]1(C)CCC(c2ccc(C(N)=NC=N)[nH]2)O1)OCc1cc(F)cc(C#N)c1. The molecule has 2 aromatic rings. The fourth-order valence-electron chi connectivity index (χ4n) is 6.69. The lowest BCUT2D eigenvalue weighted by Crippen LogP contribution is -2.29. The number of rotatable bonds is 30. The fraction of sp³-hybridized carbons (Fsp3) is 0.643. The van der Waals surface area contributed by atoms with Crippen LogP contribution in [0.3, 0.4) is 0 Å². The second kappa shape index (κ2) is 26.8. The standard InChI is InChI=1S/C42H65FN5O5P/c1-3-4-5-6-7-8-9-10-11-12-13-14-15-16-17-18-19-20-21-37(50-30-35-26-34(29-44)27-36(43)28-35)31-51-54(49)52-32-42(2)25-24-40(53-42)38-22-23-39(48-38)41(46)47-33-45/h10-11,22-23,26-28,33,37,40,48-49H,3-9,12-21,24-25,30-32H2,1-2H3,(H3,45,46,47)/b11-10+/t37?,40?,42-,54?/m0/s1. The van der Waals surface area contributed by atoms with Crippen molar-refractivity contribution in [1.82, 2.24) is 4.98 Å². The Balaban J connectivity index is 1.34. The van der Waals surface area contributed by atoms with Crippen LogP contribution in [0.1, 0.15) is 164 Å². The Kier molecular flexibility index (Phi) is 22.5. The van der Waals surface area contributed by atoms with E-state index in [0.29, 0.717) is 11.3 Å². The summed E-state index contributed by atoms with van der Waals surface area (Å²) in [5.41, 5.74) is 7.57. The zero-order valence-electron chi connectivity index (χ0n) is 32.7. The summed E-state index contributed by atoms with van der Waals surface area (Å²) in [6.45, 7) is 4.61. The molecular weight excluding hydrogens is 704 g/mol. The topological polar surface area (TPSA) is 159 Å². The van der Waals surface area contributed by atoms with Gasteiger partial charge in [0.2, 0.25) is 0 Å². The first kappa shape index (κ1) is 45.4. The highest BCUT2D eigenvalue weighted by Crippen LogP contribution is 2.42. The van der Waals surface area contributed by atoms with Crippen LogP contribution in [0.2, 0.25) is 0 Å². The molecule has 5 N–H and O–H groups in total. The van der Waals surface area contributed by atoms with Gasteiger partial charge in [-0.25, -0.2) is 9.38 Å². The van der Waals surface area contributed by atoms with E-state index in [2.05, 4.69) is 29.1 Å². The third-order valence-corrected chi connectivity index (χ3v) is 10.6. The van der Waals surface area contributed by atoms with Gasteiger partial charge < -0.3 is 34.1 Å². The molecule has 0 bridgehead atoms. The molecule has 1 fully saturated rings. The van der Waals surface area contributed by atoms with Crippen LogP contribution in [0.15, 0.2) is 47.5 Å². The average Bonchev–Trinajstić information content (AvgIpc) is 3.82. The van der Waals surface area contributed by atoms with Gasteiger partial charge in [-0.2, -0.15) is 5.26 Å². The number of aromatic nitrogens is 1. The molecular formula is C42H65FN5O5P. The first-order valence-corrected chi connectivity index (χ1v) is 21.3. The Morgan fingerprint density at radius 3 is 2.39 bits per heavy atom. The molecule has 0 spiro atoms. The molecule has 3 unspecified atom stereocenters. The Morgan fingerprint density at radius 1 is 1.06 bits per heavy atom. The number of ether oxygens (including phenoxy) is 2. The summed E-state index contributed by atoms with van der Waals surface area (Å²) in [7, 11) is -2.19. The molecule has 1 aromatic heterocycles. The molecule has 1 aromatic carbocycles. The lowest BCUT2D eigenvalue weighted by Gasteiger charge is -2.26. The van der Waals surface area contributed by atoms with E-state index in [1.165, 1.54) is 95.6 Å². The molecule has 1 aliphatic rings. The van der Waals surface area contributed by atoms with Crippen molar-refractivity contribution in [3.8, 4) is 6.07 Å². The van der Waals surface area contributed by atoms with Crippen LogP contribution in [-0.2, 0) is 25.1 Å². The van der Waals surface area contributed by atoms with Crippen molar-refractivity contribution in [2.45, 2.75) is 160 Å². The molecule has 3 rings (SSSR count). The smallest absolute Gasteiger partial charge is 0.330 e. The quantitative estimate of drug-likeness (QED) is 0.0202. The molecule has 4 atom stereocenters. The van der Waals surface area contributed by atoms with Crippen molar-refractivity contribution in [1.29, 1.82) is 10.7 Å². The number of benzene rings is 1. The van der Waals surface area contributed by atoms with Crippen molar-refractivity contribution in [2.75, 3.05) is 13.2 Å². The first-order valence-electron chi connectivity index (χ1n) is 20.2. The maximum absolute atomic E-state index is 14.0. The minimum Gasteiger partial charge on any atom is -0.382 e. The highest BCUT2D eigenvalue weighted by atomic mass is 31.2. The number of aromatic amines is 1. The maximum Gasteiger partial charge on any atom is 0.330 e. The van der Waals surface area contributed by atoms with Gasteiger partial charge in [0.05, 0.1) is 55.0 Å². The zero-order chi connectivity index (χ0) is 38.9. The number of allylic oxidation sites excluding steroid dienone is 2. The summed E-state index contributed by atoms with van der Waals surface area (Å²) in [6, 6.07) is 9.88. The van der Waals surface area contributed by atoms with E-state index in [1.54, 1.807) is 6.07 Å². The largest absolute Gasteiger partial charge is 0.382 e. The molecule has 0 amide bonds. The van der Waals surface area contributed by atoms with E-state index in [-0.39, 0.29) is 43.4 Å². The van der Waals surface area contributed by atoms with Crippen molar-refractivity contribution in [3.63, 3.8) is 0 Å². The van der Waals surface area contributed by atoms with Gasteiger partial charge in [-0.15, -0.1) is 0 Å². The van der Waals surface area contributed by atoms with Gasteiger partial charge >= 0.3 is 8.60 Å². The van der Waals surface area contributed by atoms with Gasteiger partial charge in [-0.1, -0.05) is 96.1 Å². The number of nitrogens with two attached hydrogens (primary N) is 1. The van der Waals surface area contributed by atoms with E-state index in [1.807, 2.05) is 25.1 Å². The Morgan fingerprint density at radius 2 is 1.72 bits per heavy atom. The average molecular weight is 770 g/mol. The molecule has 0 aliphatic carbocycles. The minimum absolute atomic E-state index is 0.125. The highest BCUT2D eigenvalue weighted by molar-refractivity contribution is 7.40. The van der Waals surface area contributed by atoms with E-state index in [9.17, 15) is 14.5 Å². The van der Waals surface area contributed by atoms with Crippen molar-refractivity contribution >= 4 is 20.8 Å². The Hall–Kier alpha value is -2.97. The van der Waals surface area contributed by atoms with E-state index in [0.717, 1.165) is 50.6 Å². The normalized spacial score (nSPS) is 18.6. The molecule has 1 aliphatic heterocycles. The van der Waals surface area contributed by atoms with E-state index in [4.69, 9.17) is 29.7 Å². The van der Waals surface area contributed by atoms with Crippen LogP contribution in [0.5, 0.6) is 0 Å². The van der Waals surface area contributed by atoms with E-state index < -0.39 is 20.0 Å². The zero-order valence-corrected chi connectivity index (χ0v) is 33.6. The summed E-state index contributed by atoms with van der Waals surface area (Å²) in [5, 5.41) is 16.4. The fourth-order valence-corrected chi connectivity index (χ4v) is 7.44. The molecule has 300 valence electrons. The van der Waals surface area contributed by atoms with Gasteiger partial charge in [-0.05, 0) is 87.8 Å². The van der Waals surface area contributed by atoms with Gasteiger partial charge in [0.1, 0.15) is 18.0 Å². The third-order valence-electron chi connectivity index (χ3n) is 9.86. The number of hydrogen-bond donors (Lipinski definition) is 4. The molecule has 0 saturated carbocycles. The Labute approximate surface area is 324 Å². The Bertz CT molecular complexity index is 1450. The van der Waals surface area contributed by atoms with Crippen LogP contribution in [0.4, 0.5) is 4.39 Å². The van der Waals surface area contributed by atoms with Crippen LogP contribution in [0.25, 0.3) is 0 Å². The predicted molar refractivity (Wildman–Crippen MR) is 216 cm³/mol. The number of amidine groups is 1. The first-order chi connectivity index (χ1) is 26.2. The number of nitrogens with zero attached hydrogens (tertiary/aromatic N) is 2. The van der Waals surface area contributed by atoms with E-state index >= 15 is 0 Å². The van der Waals surface area contributed by atoms with Crippen LogP contribution in [-0.4, -0.2) is 47.0 Å². The molecule has 54 heavy (non-hydrogen) atoms. The minimum atomic E-state index is -2.19. The van der Waals surface area contributed by atoms with Crippen molar-refractivity contribution in [3.05, 3.63) is 70.8 Å². The number of nitrogens with one attached hydrogen (secondary N) is 2. The summed E-state index contributed by atoms with van der Waals surface area (Å²) < 4.78 is 38.0. The number of unbranched alkanes of at least 4 members (excludes halogenated alkanes) is 14. The van der Waals surface area contributed by atoms with Gasteiger partial charge in [0, 0.05) is 5.69 Å². The molecule has 0 radical (unpaired) electrons. The lowest BCUT2D eigenvalue weighted by molar-refractivity contribution is -0.0616. The second-order valence-electron chi connectivity index (χ2n) is 14.7.